The molecule has 1 N–H and O–H groups in total. The summed E-state index contributed by atoms with van der Waals surface area (Å²) in [5.41, 5.74) is 4.69. The molecule has 0 spiro atoms. The fourth-order valence-corrected chi connectivity index (χ4v) is 2.48. The molecule has 1 aliphatic rings. The van der Waals surface area contributed by atoms with Gasteiger partial charge in [0.25, 0.3) is 0 Å². The first-order valence-corrected chi connectivity index (χ1v) is 7.34. The molecule has 3 nitrogen and oxygen atoms in total. The zero-order valence-electron chi connectivity index (χ0n) is 12.4. The van der Waals surface area contributed by atoms with Gasteiger partial charge in [-0.2, -0.15) is 0 Å². The molecular formula is C19H17NO2. The summed E-state index contributed by atoms with van der Waals surface area (Å²) in [7, 11) is 0. The Balaban J connectivity index is 1.78. The van der Waals surface area contributed by atoms with E-state index in [-0.39, 0.29) is 11.7 Å². The molecule has 2 aromatic rings. The third kappa shape index (κ3) is 3.14. The number of aryl methyl sites for hydroxylation is 2. The van der Waals surface area contributed by atoms with E-state index in [9.17, 15) is 9.59 Å². The molecule has 0 fully saturated rings. The van der Waals surface area contributed by atoms with E-state index in [0.29, 0.717) is 18.4 Å². The highest BCUT2D eigenvalue weighted by Gasteiger charge is 2.15. The molecule has 0 aliphatic carbocycles. The molecule has 110 valence electrons. The van der Waals surface area contributed by atoms with Gasteiger partial charge >= 0.3 is 0 Å². The van der Waals surface area contributed by atoms with Gasteiger partial charge in [0.1, 0.15) is 0 Å². The molecular weight excluding hydrogens is 274 g/mol. The SMILES string of the molecule is Cc1ccc(/C=C/C(=O)c2ccc3c(c2)CCC(=O)N3)cc1. The van der Waals surface area contributed by atoms with Gasteiger partial charge in [-0.25, -0.2) is 0 Å². The molecule has 2 aromatic carbocycles. The van der Waals surface area contributed by atoms with E-state index in [1.54, 1.807) is 18.2 Å². The maximum absolute atomic E-state index is 12.3. The number of hydrogen-bond acceptors (Lipinski definition) is 2. The zero-order chi connectivity index (χ0) is 15.5. The number of fused-ring (bicyclic) bond motifs is 1. The van der Waals surface area contributed by atoms with Gasteiger partial charge in [-0.05, 0) is 48.7 Å². The number of anilines is 1. The van der Waals surface area contributed by atoms with E-state index in [2.05, 4.69) is 5.32 Å². The molecule has 1 amide bonds. The topological polar surface area (TPSA) is 46.2 Å². The van der Waals surface area contributed by atoms with E-state index < -0.39 is 0 Å². The van der Waals surface area contributed by atoms with Crippen LogP contribution in [0.2, 0.25) is 0 Å². The number of nitrogens with one attached hydrogen (secondary N) is 1. The molecule has 22 heavy (non-hydrogen) atoms. The van der Waals surface area contributed by atoms with E-state index in [4.69, 9.17) is 0 Å². The van der Waals surface area contributed by atoms with Crippen molar-refractivity contribution in [1.82, 2.24) is 0 Å². The van der Waals surface area contributed by atoms with E-state index >= 15 is 0 Å². The van der Waals surface area contributed by atoms with Crippen LogP contribution in [0.3, 0.4) is 0 Å². The second-order valence-corrected chi connectivity index (χ2v) is 5.53. The highest BCUT2D eigenvalue weighted by atomic mass is 16.1. The van der Waals surface area contributed by atoms with Crippen molar-refractivity contribution in [2.45, 2.75) is 19.8 Å². The molecule has 3 heteroatoms. The van der Waals surface area contributed by atoms with E-state index in [0.717, 1.165) is 16.8 Å². The standard InChI is InChI=1S/C19H17NO2/c1-13-2-4-14(5-3-13)6-10-18(21)16-7-9-17-15(12-16)8-11-19(22)20-17/h2-7,9-10,12H,8,11H2,1H3,(H,20,22)/b10-6+. The lowest BCUT2D eigenvalue weighted by Crippen LogP contribution is -2.19. The third-order valence-electron chi connectivity index (χ3n) is 3.79. The van der Waals surface area contributed by atoms with Gasteiger partial charge in [-0.15, -0.1) is 0 Å². The second kappa shape index (κ2) is 5.98. The summed E-state index contributed by atoms with van der Waals surface area (Å²) in [5.74, 6) is 0.00567. The fraction of sp³-hybridized carbons (Fsp3) is 0.158. The van der Waals surface area contributed by atoms with Crippen molar-refractivity contribution in [1.29, 1.82) is 0 Å². The Labute approximate surface area is 129 Å². The van der Waals surface area contributed by atoms with Gasteiger partial charge in [-0.1, -0.05) is 35.9 Å². The predicted octanol–water partition coefficient (Wildman–Crippen LogP) is 3.78. The van der Waals surface area contributed by atoms with Crippen molar-refractivity contribution in [2.75, 3.05) is 5.32 Å². The predicted molar refractivity (Wildman–Crippen MR) is 87.9 cm³/mol. The van der Waals surface area contributed by atoms with Crippen LogP contribution in [0.25, 0.3) is 6.08 Å². The number of carbonyl (C=O) groups excluding carboxylic acids is 2. The highest BCUT2D eigenvalue weighted by molar-refractivity contribution is 6.07. The summed E-state index contributed by atoms with van der Waals surface area (Å²) in [6, 6.07) is 13.4. The van der Waals surface area contributed by atoms with Crippen LogP contribution in [-0.4, -0.2) is 11.7 Å². The van der Waals surface area contributed by atoms with Crippen LogP contribution >= 0.6 is 0 Å². The number of benzene rings is 2. The molecule has 0 unspecified atom stereocenters. The van der Waals surface area contributed by atoms with Crippen LogP contribution in [0.1, 0.15) is 33.5 Å². The van der Waals surface area contributed by atoms with Crippen molar-refractivity contribution in [3.8, 4) is 0 Å². The molecule has 0 atom stereocenters. The van der Waals surface area contributed by atoms with Gasteiger partial charge in [0.15, 0.2) is 5.78 Å². The minimum Gasteiger partial charge on any atom is -0.326 e. The summed E-state index contributed by atoms with van der Waals surface area (Å²) >= 11 is 0. The zero-order valence-corrected chi connectivity index (χ0v) is 12.4. The number of carbonyl (C=O) groups is 2. The molecule has 1 aliphatic heterocycles. The lowest BCUT2D eigenvalue weighted by atomic mass is 9.98. The highest BCUT2D eigenvalue weighted by Crippen LogP contribution is 2.24. The summed E-state index contributed by atoms with van der Waals surface area (Å²) in [6.07, 6.45) is 4.57. The maximum atomic E-state index is 12.3. The number of ketones is 1. The average Bonchev–Trinajstić information content (AvgIpc) is 2.53. The van der Waals surface area contributed by atoms with Crippen molar-refractivity contribution >= 4 is 23.5 Å². The summed E-state index contributed by atoms with van der Waals surface area (Å²) in [4.78, 5) is 23.6. The largest absolute Gasteiger partial charge is 0.326 e. The summed E-state index contributed by atoms with van der Waals surface area (Å²) < 4.78 is 0. The van der Waals surface area contributed by atoms with Crippen molar-refractivity contribution in [3.05, 3.63) is 70.8 Å². The summed E-state index contributed by atoms with van der Waals surface area (Å²) in [6.45, 7) is 2.03. The Morgan fingerprint density at radius 2 is 1.86 bits per heavy atom. The Kier molecular flexibility index (Phi) is 3.88. The van der Waals surface area contributed by atoms with Crippen LogP contribution < -0.4 is 5.32 Å². The summed E-state index contributed by atoms with van der Waals surface area (Å²) in [5, 5.41) is 2.82. The third-order valence-corrected chi connectivity index (χ3v) is 3.79. The first kappa shape index (κ1) is 14.3. The molecule has 0 radical (unpaired) electrons. The van der Waals surface area contributed by atoms with E-state index in [1.165, 1.54) is 5.56 Å². The average molecular weight is 291 g/mol. The van der Waals surface area contributed by atoms with E-state index in [1.807, 2.05) is 43.3 Å². The van der Waals surface area contributed by atoms with Crippen molar-refractivity contribution in [2.24, 2.45) is 0 Å². The first-order valence-electron chi connectivity index (χ1n) is 7.34. The van der Waals surface area contributed by atoms with Crippen molar-refractivity contribution < 1.29 is 9.59 Å². The van der Waals surface area contributed by atoms with Gasteiger partial charge in [-0.3, -0.25) is 9.59 Å². The monoisotopic (exact) mass is 291 g/mol. The minimum atomic E-state index is -0.0275. The molecule has 0 bridgehead atoms. The molecule has 0 saturated heterocycles. The van der Waals surface area contributed by atoms with Gasteiger partial charge in [0.2, 0.25) is 5.91 Å². The van der Waals surface area contributed by atoms with Crippen LogP contribution in [-0.2, 0) is 11.2 Å². The van der Waals surface area contributed by atoms with Crippen LogP contribution in [0.4, 0.5) is 5.69 Å². The van der Waals surface area contributed by atoms with Crippen LogP contribution in [0.5, 0.6) is 0 Å². The molecule has 0 aromatic heterocycles. The number of rotatable bonds is 3. The molecule has 3 rings (SSSR count). The van der Waals surface area contributed by atoms with Crippen molar-refractivity contribution in [3.63, 3.8) is 0 Å². The quantitative estimate of drug-likeness (QED) is 0.691. The smallest absolute Gasteiger partial charge is 0.224 e. The second-order valence-electron chi connectivity index (χ2n) is 5.53. The molecule has 1 heterocycles. The van der Waals surface area contributed by atoms with Crippen LogP contribution in [0, 0.1) is 6.92 Å². The molecule has 0 saturated carbocycles. The van der Waals surface area contributed by atoms with Gasteiger partial charge < -0.3 is 5.32 Å². The van der Waals surface area contributed by atoms with Gasteiger partial charge in [0, 0.05) is 17.7 Å². The Morgan fingerprint density at radius 3 is 2.64 bits per heavy atom. The maximum Gasteiger partial charge on any atom is 0.224 e. The number of amides is 1. The minimum absolute atomic E-state index is 0.0275. The lowest BCUT2D eigenvalue weighted by Gasteiger charge is -2.16. The Hall–Kier alpha value is -2.68. The number of allylic oxidation sites excluding steroid dienone is 1. The van der Waals surface area contributed by atoms with Crippen LogP contribution in [0.15, 0.2) is 48.5 Å². The Morgan fingerprint density at radius 1 is 1.09 bits per heavy atom. The normalized spacial score (nSPS) is 13.8. The van der Waals surface area contributed by atoms with Gasteiger partial charge in [0.05, 0.1) is 0 Å². The first-order chi connectivity index (χ1) is 10.6. The fourth-order valence-electron chi connectivity index (χ4n) is 2.48. The number of hydrogen-bond donors (Lipinski definition) is 1. The Bertz CT molecular complexity index is 758. The lowest BCUT2D eigenvalue weighted by molar-refractivity contribution is -0.116.